The first-order valence-electron chi connectivity index (χ1n) is 7.90. The van der Waals surface area contributed by atoms with Crippen molar-refractivity contribution < 1.29 is 8.42 Å². The van der Waals surface area contributed by atoms with Crippen molar-refractivity contribution in [2.75, 3.05) is 18.4 Å². The van der Waals surface area contributed by atoms with Gasteiger partial charge >= 0.3 is 0 Å². The van der Waals surface area contributed by atoms with E-state index >= 15 is 0 Å². The summed E-state index contributed by atoms with van der Waals surface area (Å²) in [5.74, 6) is 1.10. The molecule has 0 aliphatic rings. The van der Waals surface area contributed by atoms with Gasteiger partial charge in [-0.05, 0) is 42.8 Å². The van der Waals surface area contributed by atoms with Gasteiger partial charge in [-0.3, -0.25) is 0 Å². The van der Waals surface area contributed by atoms with Crippen LogP contribution in [0.4, 0.5) is 5.82 Å². The molecule has 27 heavy (non-hydrogen) atoms. The molecule has 0 aliphatic heterocycles. The Hall–Kier alpha value is -2.20. The molecule has 2 N–H and O–H groups in total. The average Bonchev–Trinajstić information content (AvgIpc) is 3.17. The lowest BCUT2D eigenvalue weighted by atomic mass is 10.2. The largest absolute Gasteiger partial charge is 0.367 e. The second-order valence-electron chi connectivity index (χ2n) is 5.58. The fraction of sp³-hybridized carbons (Fsp3) is 0.188. The van der Waals surface area contributed by atoms with E-state index in [-0.39, 0.29) is 16.5 Å². The third-order valence-corrected chi connectivity index (χ3v) is 5.95. The number of halogens is 2. The van der Waals surface area contributed by atoms with Gasteiger partial charge in [-0.1, -0.05) is 23.2 Å². The lowest BCUT2D eigenvalue weighted by Crippen LogP contribution is -2.29. The van der Waals surface area contributed by atoms with Crippen molar-refractivity contribution in [2.45, 2.75) is 11.8 Å². The maximum atomic E-state index is 12.4. The minimum absolute atomic E-state index is 0.00515. The summed E-state index contributed by atoms with van der Waals surface area (Å²) < 4.78 is 28.9. The highest BCUT2D eigenvalue weighted by atomic mass is 35.5. The van der Waals surface area contributed by atoms with Gasteiger partial charge in [0.2, 0.25) is 10.0 Å². The number of nitrogens with one attached hydrogen (secondary N) is 2. The van der Waals surface area contributed by atoms with Crippen molar-refractivity contribution in [1.82, 2.24) is 24.7 Å². The Morgan fingerprint density at radius 1 is 1.11 bits per heavy atom. The summed E-state index contributed by atoms with van der Waals surface area (Å²) in [7, 11) is -3.75. The normalized spacial score (nSPS) is 11.5. The van der Waals surface area contributed by atoms with E-state index in [1.54, 1.807) is 42.2 Å². The molecule has 3 aromatic rings. The number of hydrogen-bond donors (Lipinski definition) is 2. The highest BCUT2D eigenvalue weighted by molar-refractivity contribution is 7.89. The Bertz CT molecular complexity index is 1020. The summed E-state index contributed by atoms with van der Waals surface area (Å²) in [5.41, 5.74) is 0.632. The van der Waals surface area contributed by atoms with Crippen molar-refractivity contribution in [2.24, 2.45) is 0 Å². The predicted molar refractivity (Wildman–Crippen MR) is 104 cm³/mol. The van der Waals surface area contributed by atoms with Crippen LogP contribution in [0.15, 0.2) is 47.6 Å². The number of sulfonamides is 1. The van der Waals surface area contributed by atoms with Crippen LogP contribution < -0.4 is 10.0 Å². The van der Waals surface area contributed by atoms with E-state index in [9.17, 15) is 8.42 Å². The highest BCUT2D eigenvalue weighted by Gasteiger charge is 2.18. The molecule has 0 bridgehead atoms. The predicted octanol–water partition coefficient (Wildman–Crippen LogP) is 2.67. The quantitative estimate of drug-likeness (QED) is 0.563. The van der Waals surface area contributed by atoms with Gasteiger partial charge in [0.25, 0.3) is 0 Å². The fourth-order valence-corrected chi connectivity index (χ4v) is 4.10. The molecule has 2 aromatic heterocycles. The van der Waals surface area contributed by atoms with Gasteiger partial charge in [-0.15, -0.1) is 10.2 Å². The molecule has 1 aromatic carbocycles. The van der Waals surface area contributed by atoms with E-state index in [1.165, 1.54) is 12.1 Å². The van der Waals surface area contributed by atoms with Gasteiger partial charge in [-0.2, -0.15) is 5.10 Å². The van der Waals surface area contributed by atoms with Crippen molar-refractivity contribution >= 4 is 39.0 Å². The van der Waals surface area contributed by atoms with Gasteiger partial charge in [0.05, 0.1) is 5.02 Å². The van der Waals surface area contributed by atoms with E-state index in [4.69, 9.17) is 23.2 Å². The monoisotopic (exact) mass is 426 g/mol. The second kappa shape index (κ2) is 8.22. The molecule has 2 heterocycles. The molecule has 3 rings (SSSR count). The molecule has 0 saturated heterocycles. The summed E-state index contributed by atoms with van der Waals surface area (Å²) in [4.78, 5) is -0.00515. The minimum atomic E-state index is -3.75. The molecule has 0 unspecified atom stereocenters. The molecule has 0 saturated carbocycles. The standard InChI is InChI=1S/C16H16Cl2N6O2S/c1-11-9-14(13(18)10-12(11)17)27(25,26)21-7-6-19-15-3-4-16(23-22-15)24-8-2-5-20-24/h2-5,8-10,21H,6-7H2,1H3,(H,19,22). The summed E-state index contributed by atoms with van der Waals surface area (Å²) in [5, 5.41) is 15.6. The molecule has 0 radical (unpaired) electrons. The average molecular weight is 427 g/mol. The molecule has 0 fully saturated rings. The van der Waals surface area contributed by atoms with E-state index < -0.39 is 10.0 Å². The van der Waals surface area contributed by atoms with Crippen LogP contribution in [0.5, 0.6) is 0 Å². The van der Waals surface area contributed by atoms with Crippen LogP contribution in [0.2, 0.25) is 10.0 Å². The summed E-state index contributed by atoms with van der Waals surface area (Å²) in [6.07, 6.45) is 3.41. The first kappa shape index (κ1) is 19.6. The molecule has 0 atom stereocenters. The van der Waals surface area contributed by atoms with Crippen LogP contribution >= 0.6 is 23.2 Å². The van der Waals surface area contributed by atoms with Crippen molar-refractivity contribution in [1.29, 1.82) is 0 Å². The van der Waals surface area contributed by atoms with Crippen LogP contribution in [-0.2, 0) is 10.0 Å². The maximum absolute atomic E-state index is 12.4. The third-order valence-electron chi connectivity index (χ3n) is 3.62. The Kier molecular flexibility index (Phi) is 5.95. The topological polar surface area (TPSA) is 102 Å². The van der Waals surface area contributed by atoms with Gasteiger partial charge in [0, 0.05) is 30.5 Å². The summed E-state index contributed by atoms with van der Waals surface area (Å²) >= 11 is 12.0. The van der Waals surface area contributed by atoms with E-state index in [0.29, 0.717) is 28.8 Å². The molecule has 8 nitrogen and oxygen atoms in total. The fourth-order valence-electron chi connectivity index (χ4n) is 2.24. The lowest BCUT2D eigenvalue weighted by Gasteiger charge is -2.11. The van der Waals surface area contributed by atoms with Gasteiger partial charge in [0.15, 0.2) is 5.82 Å². The maximum Gasteiger partial charge on any atom is 0.242 e. The Morgan fingerprint density at radius 3 is 2.59 bits per heavy atom. The number of benzene rings is 1. The van der Waals surface area contributed by atoms with Crippen LogP contribution in [0.1, 0.15) is 5.56 Å². The number of aromatic nitrogens is 4. The van der Waals surface area contributed by atoms with Gasteiger partial charge in [0.1, 0.15) is 10.7 Å². The van der Waals surface area contributed by atoms with Crippen LogP contribution in [0, 0.1) is 6.92 Å². The summed E-state index contributed by atoms with van der Waals surface area (Å²) in [6.45, 7) is 2.17. The van der Waals surface area contributed by atoms with Crippen LogP contribution in [-0.4, -0.2) is 41.5 Å². The Labute approximate surface area is 166 Å². The molecule has 0 spiro atoms. The number of anilines is 1. The Balaban J connectivity index is 1.56. The first-order chi connectivity index (χ1) is 12.9. The van der Waals surface area contributed by atoms with Gasteiger partial charge < -0.3 is 5.32 Å². The Morgan fingerprint density at radius 2 is 1.93 bits per heavy atom. The third kappa shape index (κ3) is 4.75. The molecular formula is C16H16Cl2N6O2S. The highest BCUT2D eigenvalue weighted by Crippen LogP contribution is 2.27. The molecular weight excluding hydrogens is 411 g/mol. The van der Waals surface area contributed by atoms with Gasteiger partial charge in [-0.25, -0.2) is 17.8 Å². The number of aryl methyl sites for hydroxylation is 1. The van der Waals surface area contributed by atoms with E-state index in [2.05, 4.69) is 25.3 Å². The molecule has 142 valence electrons. The molecule has 0 aliphatic carbocycles. The number of hydrogen-bond acceptors (Lipinski definition) is 6. The van der Waals surface area contributed by atoms with Crippen molar-refractivity contribution in [3.8, 4) is 5.82 Å². The number of nitrogens with zero attached hydrogens (tertiary/aromatic N) is 4. The van der Waals surface area contributed by atoms with Crippen LogP contribution in [0.3, 0.4) is 0 Å². The first-order valence-corrected chi connectivity index (χ1v) is 10.1. The lowest BCUT2D eigenvalue weighted by molar-refractivity contribution is 0.583. The van der Waals surface area contributed by atoms with E-state index in [0.717, 1.165) is 0 Å². The SMILES string of the molecule is Cc1cc(S(=O)(=O)NCCNc2ccc(-n3cccn3)nn2)c(Cl)cc1Cl. The van der Waals surface area contributed by atoms with Crippen LogP contribution in [0.25, 0.3) is 5.82 Å². The minimum Gasteiger partial charge on any atom is -0.367 e. The smallest absolute Gasteiger partial charge is 0.242 e. The van der Waals surface area contributed by atoms with Crippen molar-refractivity contribution in [3.63, 3.8) is 0 Å². The molecule has 0 amide bonds. The van der Waals surface area contributed by atoms with Crippen molar-refractivity contribution in [3.05, 3.63) is 58.3 Å². The van der Waals surface area contributed by atoms with E-state index in [1.807, 2.05) is 0 Å². The summed E-state index contributed by atoms with van der Waals surface area (Å²) in [6, 6.07) is 8.14. The zero-order valence-electron chi connectivity index (χ0n) is 14.2. The zero-order valence-corrected chi connectivity index (χ0v) is 16.6. The second-order valence-corrected chi connectivity index (χ2v) is 8.13. The zero-order chi connectivity index (χ0) is 19.4. The molecule has 11 heteroatoms. The number of rotatable bonds is 7.